The second-order valence-corrected chi connectivity index (χ2v) is 10.3. The van der Waals surface area contributed by atoms with E-state index in [2.05, 4.69) is 38.7 Å². The van der Waals surface area contributed by atoms with Crippen molar-refractivity contribution >= 4 is 56.6 Å². The summed E-state index contributed by atoms with van der Waals surface area (Å²) in [5, 5.41) is 6.48. The van der Waals surface area contributed by atoms with Gasteiger partial charge in [-0.3, -0.25) is 19.4 Å². The van der Waals surface area contributed by atoms with Gasteiger partial charge in [-0.2, -0.15) is 0 Å². The Morgan fingerprint density at radius 3 is 1.78 bits per heavy atom. The van der Waals surface area contributed by atoms with Crippen LogP contribution in [0.1, 0.15) is 24.5 Å². The lowest BCUT2D eigenvalue weighted by Gasteiger charge is -2.08. The summed E-state index contributed by atoms with van der Waals surface area (Å²) in [6.45, 7) is 9.93. The number of halogens is 2. The second-order valence-electron chi connectivity index (χ2n) is 10.3. The predicted molar refractivity (Wildman–Crippen MR) is 194 cm³/mol. The van der Waals surface area contributed by atoms with Gasteiger partial charge in [0, 0.05) is 40.2 Å². The maximum absolute atomic E-state index is 12.8. The van der Waals surface area contributed by atoms with E-state index in [1.54, 1.807) is 54.7 Å². The first-order valence-corrected chi connectivity index (χ1v) is 15.2. The molecule has 2 aromatic heterocycles. The number of carbonyl (C=O) groups is 3. The molecule has 6 N–H and O–H groups in total. The van der Waals surface area contributed by atoms with Crippen molar-refractivity contribution in [3.8, 4) is 22.3 Å². The van der Waals surface area contributed by atoms with Crippen LogP contribution < -0.4 is 22.1 Å². The molecule has 0 bridgehead atoms. The molecule has 0 aliphatic rings. The first-order valence-electron chi connectivity index (χ1n) is 15.2. The molecule has 0 fully saturated rings. The van der Waals surface area contributed by atoms with Gasteiger partial charge in [-0.05, 0) is 70.8 Å². The number of pyridine rings is 1. The maximum Gasteiger partial charge on any atom is 0.286 e. The van der Waals surface area contributed by atoms with Crippen molar-refractivity contribution in [3.63, 3.8) is 0 Å². The van der Waals surface area contributed by atoms with E-state index < -0.39 is 29.4 Å². The van der Waals surface area contributed by atoms with Gasteiger partial charge >= 0.3 is 0 Å². The van der Waals surface area contributed by atoms with Crippen LogP contribution in [0.5, 0.6) is 0 Å². The number of nitrogens with one attached hydrogen (secondary N) is 2. The van der Waals surface area contributed by atoms with Crippen LogP contribution >= 0.6 is 0 Å². The Bertz CT molecular complexity index is 2260. The molecule has 252 valence electrons. The standard InChI is InChI=1S/C18H13FN4O2.C18H14FN3O.C2H6/c1-10(19)18(25)22-14-4-2-3-11(7-14)12-5-6-13-9-21-17(16(20)24)23-15(13)8-12;1-11(19)18(23)22-14-4-2-3-12(9-14)13-5-6-17-15(10-13)16(20)7-8-21-17;1-2/h2-9H,1H2,(H2,20,24)(H,22,25);2-10H,1H2,(H2,20,21)(H,22,23);1-2H3. The van der Waals surface area contributed by atoms with Crippen molar-refractivity contribution in [2.24, 2.45) is 5.73 Å². The third-order valence-corrected chi connectivity index (χ3v) is 6.98. The Morgan fingerprint density at radius 2 is 1.22 bits per heavy atom. The van der Waals surface area contributed by atoms with Crippen molar-refractivity contribution in [3.05, 3.63) is 134 Å². The van der Waals surface area contributed by atoms with Crippen LogP contribution in [0.3, 0.4) is 0 Å². The number of nitrogen functional groups attached to an aromatic ring is 1. The minimum absolute atomic E-state index is 0.0628. The van der Waals surface area contributed by atoms with Crippen LogP contribution in [0.15, 0.2) is 128 Å². The molecule has 4 aromatic carbocycles. The highest BCUT2D eigenvalue weighted by molar-refractivity contribution is 6.03. The number of primary amides is 1. The van der Waals surface area contributed by atoms with Crippen LogP contribution in [-0.2, 0) is 9.59 Å². The number of fused-ring (bicyclic) bond motifs is 2. The zero-order valence-electron chi connectivity index (χ0n) is 27.2. The molecule has 0 radical (unpaired) electrons. The van der Waals surface area contributed by atoms with Crippen molar-refractivity contribution in [2.75, 3.05) is 16.4 Å². The molecular formula is C38H33F2N7O3. The minimum atomic E-state index is -1.06. The van der Waals surface area contributed by atoms with Gasteiger partial charge in [0.25, 0.3) is 17.7 Å². The second kappa shape index (κ2) is 16.3. The van der Waals surface area contributed by atoms with E-state index in [4.69, 9.17) is 11.5 Å². The first-order chi connectivity index (χ1) is 24.0. The molecule has 50 heavy (non-hydrogen) atoms. The van der Waals surface area contributed by atoms with Gasteiger partial charge in [-0.15, -0.1) is 0 Å². The van der Waals surface area contributed by atoms with E-state index in [1.807, 2.05) is 56.3 Å². The summed E-state index contributed by atoms with van der Waals surface area (Å²) in [6, 6.07) is 26.9. The van der Waals surface area contributed by atoms with Crippen molar-refractivity contribution in [2.45, 2.75) is 13.8 Å². The van der Waals surface area contributed by atoms with Gasteiger partial charge in [-0.25, -0.2) is 18.7 Å². The molecule has 0 saturated carbocycles. The van der Waals surface area contributed by atoms with Crippen LogP contribution in [-0.4, -0.2) is 32.7 Å². The average molecular weight is 674 g/mol. The number of anilines is 3. The highest BCUT2D eigenvalue weighted by Gasteiger charge is 2.10. The fraction of sp³-hybridized carbons (Fsp3) is 0.0526. The van der Waals surface area contributed by atoms with E-state index >= 15 is 0 Å². The lowest BCUT2D eigenvalue weighted by molar-refractivity contribution is -0.114. The number of nitrogens with two attached hydrogens (primary N) is 2. The highest BCUT2D eigenvalue weighted by atomic mass is 19.1. The smallest absolute Gasteiger partial charge is 0.286 e. The lowest BCUT2D eigenvalue weighted by Crippen LogP contribution is -2.14. The molecule has 2 heterocycles. The monoisotopic (exact) mass is 673 g/mol. The van der Waals surface area contributed by atoms with Gasteiger partial charge in [0.15, 0.2) is 11.7 Å². The summed E-state index contributed by atoms with van der Waals surface area (Å²) in [5.74, 6) is -4.61. The number of benzene rings is 4. The summed E-state index contributed by atoms with van der Waals surface area (Å²) < 4.78 is 25.6. The zero-order valence-corrected chi connectivity index (χ0v) is 27.2. The Hall–Kier alpha value is -6.82. The van der Waals surface area contributed by atoms with Crippen LogP contribution in [0.2, 0.25) is 0 Å². The topological polar surface area (TPSA) is 166 Å². The number of amides is 3. The number of rotatable bonds is 7. The summed E-state index contributed by atoms with van der Waals surface area (Å²) in [6.07, 6.45) is 3.19. The average Bonchev–Trinajstić information content (AvgIpc) is 3.12. The van der Waals surface area contributed by atoms with Gasteiger partial charge in [0.1, 0.15) is 0 Å². The van der Waals surface area contributed by atoms with E-state index in [0.29, 0.717) is 22.6 Å². The van der Waals surface area contributed by atoms with Gasteiger partial charge in [0.2, 0.25) is 5.82 Å². The number of hydrogen-bond acceptors (Lipinski definition) is 7. The predicted octanol–water partition coefficient (Wildman–Crippen LogP) is 7.75. The molecule has 6 aromatic rings. The Morgan fingerprint density at radius 1 is 0.680 bits per heavy atom. The van der Waals surface area contributed by atoms with Crippen LogP contribution in [0, 0.1) is 0 Å². The third kappa shape index (κ3) is 8.95. The molecule has 6 rings (SSSR count). The van der Waals surface area contributed by atoms with Crippen molar-refractivity contribution in [1.29, 1.82) is 0 Å². The van der Waals surface area contributed by atoms with Gasteiger partial charge in [0.05, 0.1) is 11.0 Å². The number of carbonyl (C=O) groups excluding carboxylic acids is 3. The molecule has 0 aliphatic carbocycles. The van der Waals surface area contributed by atoms with E-state index in [9.17, 15) is 23.2 Å². The SMILES string of the molecule is C=C(F)C(=O)Nc1cccc(-c2ccc3cnc(C(N)=O)nc3c2)c1.C=C(F)C(=O)Nc1cccc(-c2ccc3nccc(N)c3c2)c1.CC. The largest absolute Gasteiger partial charge is 0.398 e. The van der Waals surface area contributed by atoms with Crippen LogP contribution in [0.4, 0.5) is 25.8 Å². The van der Waals surface area contributed by atoms with Crippen molar-refractivity contribution in [1.82, 2.24) is 15.0 Å². The first kappa shape index (κ1) is 36.0. The molecule has 0 spiro atoms. The van der Waals surface area contributed by atoms with Gasteiger partial charge in [-0.1, -0.05) is 69.5 Å². The molecule has 0 atom stereocenters. The normalized spacial score (nSPS) is 10.2. The third-order valence-electron chi connectivity index (χ3n) is 6.98. The summed E-state index contributed by atoms with van der Waals surface area (Å²) >= 11 is 0. The fourth-order valence-electron chi connectivity index (χ4n) is 4.62. The Labute approximate surface area is 286 Å². The number of aromatic nitrogens is 3. The molecule has 0 aliphatic heterocycles. The van der Waals surface area contributed by atoms with Crippen LogP contribution in [0.25, 0.3) is 44.1 Å². The molecule has 12 heteroatoms. The van der Waals surface area contributed by atoms with E-state index in [-0.39, 0.29) is 5.82 Å². The quantitative estimate of drug-likeness (QED) is 0.126. The van der Waals surface area contributed by atoms with Gasteiger partial charge < -0.3 is 22.1 Å². The summed E-state index contributed by atoms with van der Waals surface area (Å²) in [4.78, 5) is 46.3. The minimum Gasteiger partial charge on any atom is -0.398 e. The summed E-state index contributed by atoms with van der Waals surface area (Å²) in [5.41, 5.74) is 17.5. The Balaban J connectivity index is 0.000000215. The Kier molecular flexibility index (Phi) is 11.8. The van der Waals surface area contributed by atoms with E-state index in [1.165, 1.54) is 6.20 Å². The fourth-order valence-corrected chi connectivity index (χ4v) is 4.62. The molecular weight excluding hydrogens is 640 g/mol. The number of nitrogens with zero attached hydrogens (tertiary/aromatic N) is 3. The highest BCUT2D eigenvalue weighted by Crippen LogP contribution is 2.29. The molecule has 0 unspecified atom stereocenters. The number of hydrogen-bond donors (Lipinski definition) is 4. The lowest BCUT2D eigenvalue weighted by atomic mass is 10.0. The van der Waals surface area contributed by atoms with E-state index in [0.717, 1.165) is 38.5 Å². The maximum atomic E-state index is 12.8. The zero-order chi connectivity index (χ0) is 36.4. The molecule has 10 nitrogen and oxygen atoms in total. The van der Waals surface area contributed by atoms with Crippen molar-refractivity contribution < 1.29 is 23.2 Å². The molecule has 0 saturated heterocycles. The molecule has 3 amide bonds. The summed E-state index contributed by atoms with van der Waals surface area (Å²) in [7, 11) is 0.